The van der Waals surface area contributed by atoms with Crippen molar-refractivity contribution in [3.8, 4) is 0 Å². The monoisotopic (exact) mass is 351 g/mol. The van der Waals surface area contributed by atoms with Gasteiger partial charge in [-0.15, -0.1) is 0 Å². The van der Waals surface area contributed by atoms with Gasteiger partial charge in [0, 0.05) is 5.02 Å². The lowest BCUT2D eigenvalue weighted by atomic mass is 10.1. The van der Waals surface area contributed by atoms with Crippen LogP contribution in [0.15, 0.2) is 28.8 Å². The van der Waals surface area contributed by atoms with Crippen LogP contribution in [0.3, 0.4) is 0 Å². The summed E-state index contributed by atoms with van der Waals surface area (Å²) in [6, 6.07) is 4.94. The van der Waals surface area contributed by atoms with Crippen molar-refractivity contribution in [1.29, 1.82) is 0 Å². The predicted octanol–water partition coefficient (Wildman–Crippen LogP) is 5.52. The van der Waals surface area contributed by atoms with Gasteiger partial charge in [-0.2, -0.15) is 0 Å². The Balaban J connectivity index is 2.12. The fourth-order valence-electron chi connectivity index (χ4n) is 2.43. The summed E-state index contributed by atoms with van der Waals surface area (Å²) in [7, 11) is 0. The number of carbonyl (C=O) groups is 1. The third-order valence-electron chi connectivity index (χ3n) is 3.69. The number of rotatable bonds is 3. The average molecular weight is 353 g/mol. The topological polar surface area (TPSA) is 29.1 Å². The molecule has 20 heavy (non-hydrogen) atoms. The van der Waals surface area contributed by atoms with Crippen molar-refractivity contribution in [2.75, 3.05) is 5.32 Å². The summed E-state index contributed by atoms with van der Waals surface area (Å²) in [4.78, 5) is 12.3. The smallest absolute Gasteiger partial charge is 0.228 e. The molecule has 0 saturated heterocycles. The molecule has 108 valence electrons. The molecular formula is C14H13Cl4NO. The van der Waals surface area contributed by atoms with E-state index in [1.54, 1.807) is 24.3 Å². The van der Waals surface area contributed by atoms with Gasteiger partial charge in [0.2, 0.25) is 5.91 Å². The van der Waals surface area contributed by atoms with Gasteiger partial charge < -0.3 is 5.32 Å². The molecule has 1 aromatic rings. The normalized spacial score (nSPS) is 23.1. The molecule has 1 fully saturated rings. The van der Waals surface area contributed by atoms with Gasteiger partial charge in [0.25, 0.3) is 0 Å². The summed E-state index contributed by atoms with van der Waals surface area (Å²) >= 11 is 23.2. The van der Waals surface area contributed by atoms with E-state index in [0.717, 1.165) is 0 Å². The second kappa shape index (κ2) is 5.76. The molecule has 1 amide bonds. The molecule has 0 aromatic heterocycles. The lowest BCUT2D eigenvalue weighted by molar-refractivity contribution is -0.118. The van der Waals surface area contributed by atoms with Gasteiger partial charge >= 0.3 is 0 Å². The molecular weight excluding hydrogens is 340 g/mol. The predicted molar refractivity (Wildman–Crippen MR) is 85.6 cm³/mol. The Hall–Kier alpha value is -0.410. The minimum atomic E-state index is -0.179. The van der Waals surface area contributed by atoms with Crippen molar-refractivity contribution in [2.24, 2.45) is 17.3 Å². The number of nitrogens with one attached hydrogen (secondary N) is 1. The molecule has 0 radical (unpaired) electrons. The standard InChI is InChI=1S/C14H13Cl4NO/c1-14(2)8(6-11(17)18)12(14)13(20)19-10-4-3-7(15)5-9(10)16/h3-6,8,12H,1-2H3,(H,19,20)/t8-,12-/m0/s1. The van der Waals surface area contributed by atoms with Gasteiger partial charge in [0.05, 0.1) is 16.6 Å². The minimum Gasteiger partial charge on any atom is -0.324 e. The van der Waals surface area contributed by atoms with Gasteiger partial charge in [-0.25, -0.2) is 0 Å². The molecule has 1 aliphatic rings. The first-order valence-corrected chi connectivity index (χ1v) is 7.53. The molecule has 1 aliphatic carbocycles. The quantitative estimate of drug-likeness (QED) is 0.761. The number of anilines is 1. The zero-order valence-corrected chi connectivity index (χ0v) is 13.9. The Bertz CT molecular complexity index is 579. The van der Waals surface area contributed by atoms with Crippen molar-refractivity contribution < 1.29 is 4.79 Å². The number of allylic oxidation sites excluding steroid dienone is 1. The van der Waals surface area contributed by atoms with Crippen molar-refractivity contribution in [1.82, 2.24) is 0 Å². The van der Waals surface area contributed by atoms with Crippen LogP contribution in [0.5, 0.6) is 0 Å². The Labute approximate surface area is 138 Å². The zero-order chi connectivity index (χ0) is 15.1. The number of hydrogen-bond donors (Lipinski definition) is 1. The number of halogens is 4. The minimum absolute atomic E-state index is 0.0265. The number of benzene rings is 1. The summed E-state index contributed by atoms with van der Waals surface area (Å²) in [5, 5.41) is 3.74. The molecule has 1 N–H and O–H groups in total. The molecule has 0 bridgehead atoms. The van der Waals surface area contributed by atoms with E-state index in [0.29, 0.717) is 15.7 Å². The van der Waals surface area contributed by atoms with E-state index < -0.39 is 0 Å². The van der Waals surface area contributed by atoms with Crippen LogP contribution in [-0.4, -0.2) is 5.91 Å². The zero-order valence-electron chi connectivity index (χ0n) is 10.9. The molecule has 1 saturated carbocycles. The fourth-order valence-corrected chi connectivity index (χ4v) is 3.15. The van der Waals surface area contributed by atoms with Crippen LogP contribution in [-0.2, 0) is 4.79 Å². The number of amides is 1. The maximum absolute atomic E-state index is 12.3. The van der Waals surface area contributed by atoms with Crippen LogP contribution in [0, 0.1) is 17.3 Å². The molecule has 6 heteroatoms. The summed E-state index contributed by atoms with van der Waals surface area (Å²) < 4.78 is 0.183. The first-order valence-electron chi connectivity index (χ1n) is 6.02. The van der Waals surface area contributed by atoms with Gasteiger partial charge in [0.15, 0.2) is 0 Å². The SMILES string of the molecule is CC1(C)[C@H](C(=O)Nc2ccc(Cl)cc2Cl)[C@@H]1C=C(Cl)Cl. The first-order chi connectivity index (χ1) is 9.23. The van der Waals surface area contributed by atoms with E-state index in [9.17, 15) is 4.79 Å². The van der Waals surface area contributed by atoms with Crippen LogP contribution in [0.1, 0.15) is 13.8 Å². The highest BCUT2D eigenvalue weighted by Gasteiger charge is 2.60. The molecule has 0 unspecified atom stereocenters. The van der Waals surface area contributed by atoms with Gasteiger partial charge in [-0.1, -0.05) is 60.3 Å². The summed E-state index contributed by atoms with van der Waals surface area (Å²) in [6.07, 6.45) is 1.71. The van der Waals surface area contributed by atoms with E-state index >= 15 is 0 Å². The highest BCUT2D eigenvalue weighted by Crippen LogP contribution is 2.60. The molecule has 2 nitrogen and oxygen atoms in total. The lowest BCUT2D eigenvalue weighted by Crippen LogP contribution is -2.17. The van der Waals surface area contributed by atoms with Crippen molar-refractivity contribution in [2.45, 2.75) is 13.8 Å². The van der Waals surface area contributed by atoms with Crippen LogP contribution < -0.4 is 5.32 Å². The van der Waals surface area contributed by atoms with Crippen molar-refractivity contribution in [3.05, 3.63) is 38.8 Å². The number of hydrogen-bond acceptors (Lipinski definition) is 1. The molecule has 0 aliphatic heterocycles. The molecule has 1 aromatic carbocycles. The number of carbonyl (C=O) groups excluding carboxylic acids is 1. The molecule has 0 spiro atoms. The van der Waals surface area contributed by atoms with Crippen LogP contribution >= 0.6 is 46.4 Å². The van der Waals surface area contributed by atoms with Crippen LogP contribution in [0.25, 0.3) is 0 Å². The van der Waals surface area contributed by atoms with Crippen LogP contribution in [0.4, 0.5) is 5.69 Å². The average Bonchev–Trinajstić information content (AvgIpc) is 2.83. The van der Waals surface area contributed by atoms with Gasteiger partial charge in [0.1, 0.15) is 4.49 Å². The van der Waals surface area contributed by atoms with E-state index in [1.807, 2.05) is 13.8 Å². The second-order valence-corrected chi connectivity index (χ2v) is 7.25. The van der Waals surface area contributed by atoms with E-state index in [4.69, 9.17) is 46.4 Å². The third-order valence-corrected chi connectivity index (χ3v) is 4.49. The van der Waals surface area contributed by atoms with Crippen molar-refractivity contribution >= 4 is 58.0 Å². The van der Waals surface area contributed by atoms with E-state index in [2.05, 4.69) is 5.32 Å². The first kappa shape index (κ1) is 16.0. The molecule has 2 atom stereocenters. The molecule has 0 heterocycles. The summed E-state index contributed by atoms with van der Waals surface area (Å²) in [6.45, 7) is 4.00. The second-order valence-electron chi connectivity index (χ2n) is 5.39. The fraction of sp³-hybridized carbons (Fsp3) is 0.357. The Morgan fingerprint density at radius 1 is 1.30 bits per heavy atom. The lowest BCUT2D eigenvalue weighted by Gasteiger charge is -2.08. The maximum Gasteiger partial charge on any atom is 0.228 e. The van der Waals surface area contributed by atoms with Crippen molar-refractivity contribution in [3.63, 3.8) is 0 Å². The van der Waals surface area contributed by atoms with E-state index in [1.165, 1.54) is 0 Å². The van der Waals surface area contributed by atoms with Crippen LogP contribution in [0.2, 0.25) is 10.0 Å². The summed E-state index contributed by atoms with van der Waals surface area (Å²) in [5.74, 6) is -0.254. The highest BCUT2D eigenvalue weighted by molar-refractivity contribution is 6.55. The van der Waals surface area contributed by atoms with Gasteiger partial charge in [-0.3, -0.25) is 4.79 Å². The van der Waals surface area contributed by atoms with Gasteiger partial charge in [-0.05, 0) is 35.6 Å². The molecule has 2 rings (SSSR count). The highest BCUT2D eigenvalue weighted by atomic mass is 35.5. The Morgan fingerprint density at radius 3 is 2.50 bits per heavy atom. The Kier molecular flexibility index (Phi) is 4.60. The largest absolute Gasteiger partial charge is 0.324 e. The Morgan fingerprint density at radius 2 is 1.95 bits per heavy atom. The summed E-state index contributed by atoms with van der Waals surface area (Å²) in [5.41, 5.74) is 0.376. The van der Waals surface area contributed by atoms with E-state index in [-0.39, 0.29) is 27.6 Å². The maximum atomic E-state index is 12.3. The third kappa shape index (κ3) is 3.25.